The van der Waals surface area contributed by atoms with Crippen molar-refractivity contribution in [2.24, 2.45) is 7.05 Å². The summed E-state index contributed by atoms with van der Waals surface area (Å²) in [5, 5.41) is 9.40. The van der Waals surface area contributed by atoms with Crippen LogP contribution in [0.5, 0.6) is 5.75 Å². The molecule has 0 spiro atoms. The second-order valence-electron chi connectivity index (χ2n) is 8.14. The van der Waals surface area contributed by atoms with Crippen LogP contribution in [0.3, 0.4) is 0 Å². The number of hydrogen-bond acceptors (Lipinski definition) is 5. The van der Waals surface area contributed by atoms with E-state index >= 15 is 0 Å². The van der Waals surface area contributed by atoms with Crippen LogP contribution < -0.4 is 4.74 Å². The standard InChI is InChI=1S/C24H26F3N5O2/c1-5-22(33)32(15(2)3)9-6-10-34-21-8-7-16(11-17(21)24(25,26)27)18-12-20-23(19(13-28)30-18)29-14-31(20)4/h7-8,11-12,14-15H,5-6,9-10H2,1-4H3. The normalized spacial score (nSPS) is 11.6. The number of amides is 1. The molecule has 0 aliphatic heterocycles. The molecule has 0 fully saturated rings. The summed E-state index contributed by atoms with van der Waals surface area (Å²) in [7, 11) is 1.73. The van der Waals surface area contributed by atoms with Crippen molar-refractivity contribution in [3.63, 3.8) is 0 Å². The zero-order chi connectivity index (χ0) is 25.0. The van der Waals surface area contributed by atoms with Gasteiger partial charge in [-0.2, -0.15) is 18.4 Å². The van der Waals surface area contributed by atoms with Crippen molar-refractivity contribution < 1.29 is 22.7 Å². The Bertz CT molecular complexity index is 1230. The molecule has 180 valence electrons. The molecular weight excluding hydrogens is 447 g/mol. The Morgan fingerprint density at radius 1 is 1.29 bits per heavy atom. The summed E-state index contributed by atoms with van der Waals surface area (Å²) in [5.74, 6) is -0.304. The first kappa shape index (κ1) is 25.0. The number of nitrogens with zero attached hydrogens (tertiary/aromatic N) is 5. The molecule has 1 aromatic carbocycles. The highest BCUT2D eigenvalue weighted by atomic mass is 19.4. The number of alkyl halides is 3. The number of hydrogen-bond donors (Lipinski definition) is 0. The summed E-state index contributed by atoms with van der Waals surface area (Å²) in [6, 6.07) is 7.27. The Morgan fingerprint density at radius 3 is 2.65 bits per heavy atom. The second-order valence-corrected chi connectivity index (χ2v) is 8.14. The van der Waals surface area contributed by atoms with E-state index < -0.39 is 11.7 Å². The van der Waals surface area contributed by atoms with Crippen LogP contribution in [0.15, 0.2) is 30.6 Å². The summed E-state index contributed by atoms with van der Waals surface area (Å²) in [6.07, 6.45) is -2.37. The molecule has 0 unspecified atom stereocenters. The van der Waals surface area contributed by atoms with Gasteiger partial charge in [-0.05, 0) is 44.5 Å². The molecule has 0 aliphatic rings. The predicted octanol–water partition coefficient (Wildman–Crippen LogP) is 4.94. The third-order valence-corrected chi connectivity index (χ3v) is 5.45. The molecule has 1 amide bonds. The number of imidazole rings is 1. The van der Waals surface area contributed by atoms with Crippen LogP contribution in [-0.2, 0) is 18.0 Å². The van der Waals surface area contributed by atoms with Crippen molar-refractivity contribution in [1.29, 1.82) is 5.26 Å². The first-order valence-electron chi connectivity index (χ1n) is 10.9. The molecule has 0 bridgehead atoms. The maximum absolute atomic E-state index is 13.8. The van der Waals surface area contributed by atoms with Crippen LogP contribution in [0.2, 0.25) is 0 Å². The van der Waals surface area contributed by atoms with E-state index in [2.05, 4.69) is 9.97 Å². The van der Waals surface area contributed by atoms with E-state index in [-0.39, 0.29) is 41.3 Å². The minimum absolute atomic E-state index is 0.0000343. The number of benzene rings is 1. The van der Waals surface area contributed by atoms with Gasteiger partial charge in [0.05, 0.1) is 29.7 Å². The molecule has 34 heavy (non-hydrogen) atoms. The van der Waals surface area contributed by atoms with Crippen LogP contribution >= 0.6 is 0 Å². The second kappa shape index (κ2) is 10.1. The number of carbonyl (C=O) groups excluding carboxylic acids is 1. The molecule has 3 rings (SSSR count). The van der Waals surface area contributed by atoms with Gasteiger partial charge in [-0.15, -0.1) is 0 Å². The molecule has 0 atom stereocenters. The largest absolute Gasteiger partial charge is 0.493 e. The van der Waals surface area contributed by atoms with Gasteiger partial charge in [0.15, 0.2) is 5.69 Å². The number of carbonyl (C=O) groups is 1. The first-order chi connectivity index (χ1) is 16.1. The SMILES string of the molecule is CCC(=O)N(CCCOc1ccc(-c2cc3c(ncn3C)c(C#N)n2)cc1C(F)(F)F)C(C)C. The van der Waals surface area contributed by atoms with Gasteiger partial charge in [-0.1, -0.05) is 6.92 Å². The molecule has 2 aromatic heterocycles. The fourth-order valence-corrected chi connectivity index (χ4v) is 3.68. The lowest BCUT2D eigenvalue weighted by molar-refractivity contribution is -0.138. The van der Waals surface area contributed by atoms with E-state index in [9.17, 15) is 23.2 Å². The maximum Gasteiger partial charge on any atom is 0.419 e. The molecule has 2 heterocycles. The minimum Gasteiger partial charge on any atom is -0.493 e. The number of aromatic nitrogens is 3. The highest BCUT2D eigenvalue weighted by molar-refractivity contribution is 5.84. The van der Waals surface area contributed by atoms with Gasteiger partial charge in [0.2, 0.25) is 5.91 Å². The Labute approximate surface area is 195 Å². The number of pyridine rings is 1. The zero-order valence-electron chi connectivity index (χ0n) is 19.5. The minimum atomic E-state index is -4.65. The van der Waals surface area contributed by atoms with Gasteiger partial charge in [-0.25, -0.2) is 9.97 Å². The summed E-state index contributed by atoms with van der Waals surface area (Å²) in [5.41, 5.74) is 0.529. The summed E-state index contributed by atoms with van der Waals surface area (Å²) >= 11 is 0. The number of halogens is 3. The van der Waals surface area contributed by atoms with E-state index in [4.69, 9.17) is 4.74 Å². The Hall–Kier alpha value is -3.61. The fraction of sp³-hybridized carbons (Fsp3) is 0.417. The van der Waals surface area contributed by atoms with Gasteiger partial charge in [-0.3, -0.25) is 4.79 Å². The van der Waals surface area contributed by atoms with E-state index in [0.717, 1.165) is 6.07 Å². The van der Waals surface area contributed by atoms with Crippen molar-refractivity contribution >= 4 is 16.9 Å². The topological polar surface area (TPSA) is 84.0 Å². The van der Waals surface area contributed by atoms with E-state index in [1.165, 1.54) is 18.5 Å². The van der Waals surface area contributed by atoms with Gasteiger partial charge < -0.3 is 14.2 Å². The molecule has 3 aromatic rings. The van der Waals surface area contributed by atoms with Crippen LogP contribution in [0.1, 0.15) is 44.9 Å². The van der Waals surface area contributed by atoms with E-state index in [1.54, 1.807) is 29.5 Å². The van der Waals surface area contributed by atoms with Crippen molar-refractivity contribution in [3.05, 3.63) is 41.9 Å². The van der Waals surface area contributed by atoms with Crippen molar-refractivity contribution in [3.8, 4) is 23.1 Å². The molecule has 0 saturated heterocycles. The lowest BCUT2D eigenvalue weighted by Crippen LogP contribution is -2.37. The Morgan fingerprint density at radius 2 is 2.03 bits per heavy atom. The van der Waals surface area contributed by atoms with Gasteiger partial charge >= 0.3 is 6.18 Å². The van der Waals surface area contributed by atoms with Gasteiger partial charge in [0, 0.05) is 31.6 Å². The number of fused-ring (bicyclic) bond motifs is 1. The van der Waals surface area contributed by atoms with Crippen molar-refractivity contribution in [1.82, 2.24) is 19.4 Å². The van der Waals surface area contributed by atoms with Crippen molar-refractivity contribution in [2.75, 3.05) is 13.2 Å². The average Bonchev–Trinajstić information content (AvgIpc) is 3.17. The monoisotopic (exact) mass is 473 g/mol. The molecule has 0 N–H and O–H groups in total. The lowest BCUT2D eigenvalue weighted by atomic mass is 10.1. The highest BCUT2D eigenvalue weighted by Gasteiger charge is 2.35. The number of rotatable bonds is 8. The zero-order valence-corrected chi connectivity index (χ0v) is 19.5. The van der Waals surface area contributed by atoms with E-state index in [1.807, 2.05) is 19.9 Å². The fourth-order valence-electron chi connectivity index (χ4n) is 3.68. The number of nitriles is 1. The average molecular weight is 473 g/mol. The Balaban J connectivity index is 1.85. The summed E-state index contributed by atoms with van der Waals surface area (Å²) in [6.45, 7) is 5.98. The highest BCUT2D eigenvalue weighted by Crippen LogP contribution is 2.39. The first-order valence-corrected chi connectivity index (χ1v) is 10.9. The maximum atomic E-state index is 13.8. The predicted molar refractivity (Wildman–Crippen MR) is 121 cm³/mol. The molecule has 0 saturated carbocycles. The van der Waals surface area contributed by atoms with Gasteiger partial charge in [0.1, 0.15) is 17.3 Å². The molecule has 7 nitrogen and oxygen atoms in total. The van der Waals surface area contributed by atoms with Crippen LogP contribution in [0.4, 0.5) is 13.2 Å². The van der Waals surface area contributed by atoms with Crippen LogP contribution in [0.25, 0.3) is 22.3 Å². The Kier molecular flexibility index (Phi) is 7.44. The molecule has 0 aliphatic carbocycles. The third kappa shape index (κ3) is 5.30. The quantitative estimate of drug-likeness (QED) is 0.433. The third-order valence-electron chi connectivity index (χ3n) is 5.45. The van der Waals surface area contributed by atoms with Crippen LogP contribution in [0, 0.1) is 11.3 Å². The smallest absolute Gasteiger partial charge is 0.419 e. The summed E-state index contributed by atoms with van der Waals surface area (Å²) in [4.78, 5) is 22.0. The lowest BCUT2D eigenvalue weighted by Gasteiger charge is -2.26. The number of aryl methyl sites for hydroxylation is 1. The van der Waals surface area contributed by atoms with E-state index in [0.29, 0.717) is 30.4 Å². The molecule has 10 heteroatoms. The van der Waals surface area contributed by atoms with Gasteiger partial charge in [0.25, 0.3) is 0 Å². The summed E-state index contributed by atoms with van der Waals surface area (Å²) < 4.78 is 48.6. The molecule has 0 radical (unpaired) electrons. The number of ether oxygens (including phenoxy) is 1. The molecular formula is C24H26F3N5O2. The van der Waals surface area contributed by atoms with Crippen molar-refractivity contribution in [2.45, 2.75) is 45.8 Å². The van der Waals surface area contributed by atoms with Crippen LogP contribution in [-0.4, -0.2) is 44.5 Å².